The second kappa shape index (κ2) is 14.6. The number of amides is 2. The molecule has 1 unspecified atom stereocenters. The van der Waals surface area contributed by atoms with Crippen LogP contribution in [0.3, 0.4) is 0 Å². The van der Waals surface area contributed by atoms with E-state index in [4.69, 9.17) is 9.72 Å². The summed E-state index contributed by atoms with van der Waals surface area (Å²) in [6, 6.07) is 31.2. The molecule has 0 spiro atoms. The van der Waals surface area contributed by atoms with Crippen LogP contribution in [0.25, 0.3) is 21.8 Å². The number of hydrogen-bond donors (Lipinski definition) is 3. The van der Waals surface area contributed by atoms with Crippen molar-refractivity contribution >= 4 is 62.8 Å². The lowest BCUT2D eigenvalue weighted by molar-refractivity contribution is 0.0635. The predicted octanol–water partition coefficient (Wildman–Crippen LogP) is 10.0. The lowest BCUT2D eigenvalue weighted by Gasteiger charge is -2.19. The molecule has 9 nitrogen and oxygen atoms in total. The molecule has 6 rings (SSSR count). The molecule has 254 valence electrons. The van der Waals surface area contributed by atoms with E-state index >= 15 is 0 Å². The number of hydrogen-bond acceptors (Lipinski definition) is 8. The van der Waals surface area contributed by atoms with Crippen LogP contribution in [0.5, 0.6) is 0 Å². The fourth-order valence-corrected chi connectivity index (χ4v) is 6.24. The first kappa shape index (κ1) is 34.4. The van der Waals surface area contributed by atoms with Gasteiger partial charge in [0.15, 0.2) is 5.65 Å². The summed E-state index contributed by atoms with van der Waals surface area (Å²) in [4.78, 5) is 41.4. The maximum absolute atomic E-state index is 13.7. The standard InChI is InChI=1S/C40H40N6O3S/c1-24(2)33-19-18-32-36(45-33)41-23-42-37(32)46-34-22-29(38(47)43-25(3)27-12-11-26-9-7-8-10-28(26)21-27)13-20-35(34)50-31-16-14-30(15-17-31)44-39(48)49-40(4,5)6/h7-25H,1-6H3,(H,43,47)(H,44,48)(H,41,42,45,46). The van der Waals surface area contributed by atoms with Gasteiger partial charge in [-0.3, -0.25) is 10.1 Å². The monoisotopic (exact) mass is 684 g/mol. The van der Waals surface area contributed by atoms with Crippen molar-refractivity contribution in [3.8, 4) is 0 Å². The number of benzene rings is 4. The number of anilines is 3. The quantitative estimate of drug-likeness (QED) is 0.138. The van der Waals surface area contributed by atoms with Crippen LogP contribution in [0.4, 0.5) is 22.0 Å². The van der Waals surface area contributed by atoms with Crippen LogP contribution in [0.1, 0.15) is 75.1 Å². The molecule has 0 aliphatic carbocycles. The molecule has 0 aliphatic heterocycles. The van der Waals surface area contributed by atoms with Gasteiger partial charge < -0.3 is 15.4 Å². The minimum absolute atomic E-state index is 0.196. The Kier molecular flexibility index (Phi) is 10.0. The first-order chi connectivity index (χ1) is 23.9. The van der Waals surface area contributed by atoms with Crippen molar-refractivity contribution in [3.63, 3.8) is 0 Å². The van der Waals surface area contributed by atoms with E-state index in [2.05, 4.69) is 64.0 Å². The third kappa shape index (κ3) is 8.38. The van der Waals surface area contributed by atoms with E-state index < -0.39 is 11.7 Å². The average Bonchev–Trinajstić information content (AvgIpc) is 3.08. The topological polar surface area (TPSA) is 118 Å². The number of carbonyl (C=O) groups is 2. The van der Waals surface area contributed by atoms with Crippen LogP contribution < -0.4 is 16.0 Å². The number of carbonyl (C=O) groups excluding carboxylic acids is 2. The highest BCUT2D eigenvalue weighted by molar-refractivity contribution is 7.99. The van der Waals surface area contributed by atoms with Crippen LogP contribution in [0, 0.1) is 0 Å². The van der Waals surface area contributed by atoms with Crippen LogP contribution in [0.15, 0.2) is 113 Å². The zero-order chi connectivity index (χ0) is 35.4. The summed E-state index contributed by atoms with van der Waals surface area (Å²) < 4.78 is 5.37. The fourth-order valence-electron chi connectivity index (χ4n) is 5.36. The molecule has 0 radical (unpaired) electrons. The zero-order valence-corrected chi connectivity index (χ0v) is 29.8. The summed E-state index contributed by atoms with van der Waals surface area (Å²) in [6.07, 6.45) is 0.979. The Morgan fingerprint density at radius 1 is 0.820 bits per heavy atom. The van der Waals surface area contributed by atoms with Crippen molar-refractivity contribution in [2.45, 2.75) is 68.9 Å². The van der Waals surface area contributed by atoms with Crippen molar-refractivity contribution in [2.75, 3.05) is 10.6 Å². The summed E-state index contributed by atoms with van der Waals surface area (Å²) in [5.41, 5.74) is 3.78. The van der Waals surface area contributed by atoms with Gasteiger partial charge in [-0.15, -0.1) is 0 Å². The number of ether oxygens (including phenoxy) is 1. The molecule has 4 aromatic carbocycles. The van der Waals surface area contributed by atoms with Crippen molar-refractivity contribution in [1.82, 2.24) is 20.3 Å². The maximum atomic E-state index is 13.7. The Balaban J connectivity index is 1.28. The van der Waals surface area contributed by atoms with Crippen LogP contribution in [-0.4, -0.2) is 32.6 Å². The SMILES string of the molecule is CC(C)c1ccc2c(Nc3cc(C(=O)NC(C)c4ccc5ccccc5c4)ccc3Sc3ccc(NC(=O)OC(C)(C)C)cc3)ncnc2n1. The summed E-state index contributed by atoms with van der Waals surface area (Å²) in [5.74, 6) is 0.643. The molecule has 0 saturated carbocycles. The number of nitrogens with one attached hydrogen (secondary N) is 3. The smallest absolute Gasteiger partial charge is 0.412 e. The molecule has 10 heteroatoms. The van der Waals surface area contributed by atoms with E-state index in [9.17, 15) is 9.59 Å². The highest BCUT2D eigenvalue weighted by atomic mass is 32.2. The van der Waals surface area contributed by atoms with Gasteiger partial charge in [0.1, 0.15) is 17.7 Å². The van der Waals surface area contributed by atoms with Gasteiger partial charge in [-0.05, 0) is 111 Å². The largest absolute Gasteiger partial charge is 0.444 e. The summed E-state index contributed by atoms with van der Waals surface area (Å²) >= 11 is 1.52. The van der Waals surface area contributed by atoms with Gasteiger partial charge in [0.2, 0.25) is 0 Å². The third-order valence-electron chi connectivity index (χ3n) is 7.95. The molecule has 0 aliphatic rings. The first-order valence-corrected chi connectivity index (χ1v) is 17.3. The van der Waals surface area contributed by atoms with Gasteiger partial charge in [0.25, 0.3) is 5.91 Å². The van der Waals surface area contributed by atoms with E-state index in [0.717, 1.165) is 37.2 Å². The summed E-state index contributed by atoms with van der Waals surface area (Å²) in [6.45, 7) is 11.6. The highest BCUT2D eigenvalue weighted by Gasteiger charge is 2.18. The molecule has 0 fully saturated rings. The fraction of sp³-hybridized carbons (Fsp3) is 0.225. The van der Waals surface area contributed by atoms with E-state index in [1.54, 1.807) is 0 Å². The number of nitrogens with zero attached hydrogens (tertiary/aromatic N) is 3. The average molecular weight is 685 g/mol. The Hall–Kier alpha value is -5.48. The van der Waals surface area contributed by atoms with E-state index in [1.807, 2.05) is 100 Å². The molecular formula is C40H40N6O3S. The van der Waals surface area contributed by atoms with Crippen molar-refractivity contribution in [3.05, 3.63) is 120 Å². The van der Waals surface area contributed by atoms with E-state index in [0.29, 0.717) is 28.4 Å². The normalized spacial score (nSPS) is 12.1. The highest BCUT2D eigenvalue weighted by Crippen LogP contribution is 2.37. The second-order valence-corrected chi connectivity index (χ2v) is 14.5. The number of aromatic nitrogens is 3. The predicted molar refractivity (Wildman–Crippen MR) is 201 cm³/mol. The second-order valence-electron chi connectivity index (χ2n) is 13.4. The van der Waals surface area contributed by atoms with Crippen LogP contribution >= 0.6 is 11.8 Å². The summed E-state index contributed by atoms with van der Waals surface area (Å²) in [7, 11) is 0. The molecule has 2 amide bonds. The molecule has 50 heavy (non-hydrogen) atoms. The lowest BCUT2D eigenvalue weighted by atomic mass is 10.0. The van der Waals surface area contributed by atoms with Crippen LogP contribution in [0.2, 0.25) is 0 Å². The van der Waals surface area contributed by atoms with Gasteiger partial charge in [-0.2, -0.15) is 0 Å². The minimum Gasteiger partial charge on any atom is -0.444 e. The van der Waals surface area contributed by atoms with Crippen molar-refractivity contribution in [1.29, 1.82) is 0 Å². The Bertz CT molecular complexity index is 2180. The molecule has 2 aromatic heterocycles. The molecular weight excluding hydrogens is 645 g/mol. The zero-order valence-electron chi connectivity index (χ0n) is 28.9. The lowest BCUT2D eigenvalue weighted by Crippen LogP contribution is -2.27. The molecule has 0 saturated heterocycles. The van der Waals surface area contributed by atoms with E-state index in [1.165, 1.54) is 18.1 Å². The van der Waals surface area contributed by atoms with Gasteiger partial charge in [0, 0.05) is 26.7 Å². The van der Waals surface area contributed by atoms with Crippen molar-refractivity contribution < 1.29 is 14.3 Å². The van der Waals surface area contributed by atoms with Crippen molar-refractivity contribution in [2.24, 2.45) is 0 Å². The minimum atomic E-state index is -0.595. The Morgan fingerprint density at radius 3 is 2.32 bits per heavy atom. The van der Waals surface area contributed by atoms with Gasteiger partial charge in [0.05, 0.1) is 17.1 Å². The molecule has 0 bridgehead atoms. The molecule has 6 aromatic rings. The Labute approximate surface area is 296 Å². The van der Waals surface area contributed by atoms with Gasteiger partial charge >= 0.3 is 6.09 Å². The van der Waals surface area contributed by atoms with Gasteiger partial charge in [-0.25, -0.2) is 19.7 Å². The molecule has 3 N–H and O–H groups in total. The third-order valence-corrected chi connectivity index (χ3v) is 9.04. The van der Waals surface area contributed by atoms with Crippen LogP contribution in [-0.2, 0) is 4.74 Å². The molecule has 1 atom stereocenters. The van der Waals surface area contributed by atoms with E-state index in [-0.39, 0.29) is 17.9 Å². The first-order valence-electron chi connectivity index (χ1n) is 16.5. The maximum Gasteiger partial charge on any atom is 0.412 e. The molecule has 2 heterocycles. The summed E-state index contributed by atoms with van der Waals surface area (Å²) in [5, 5.41) is 12.5. The number of pyridine rings is 1. The Morgan fingerprint density at radius 2 is 1.58 bits per heavy atom. The number of rotatable bonds is 9. The van der Waals surface area contributed by atoms with Gasteiger partial charge in [-0.1, -0.05) is 62.0 Å². The number of fused-ring (bicyclic) bond motifs is 2.